The number of hydrogen-bond acceptors (Lipinski definition) is 1. The topological polar surface area (TPSA) is 9.23 Å². The van der Waals surface area contributed by atoms with Gasteiger partial charge in [-0.25, -0.2) is 0 Å². The van der Waals surface area contributed by atoms with Crippen molar-refractivity contribution >= 4 is 22.6 Å². The Morgan fingerprint density at radius 2 is 1.92 bits per heavy atom. The van der Waals surface area contributed by atoms with Gasteiger partial charge in [0.1, 0.15) is 0 Å². The van der Waals surface area contributed by atoms with Crippen molar-refractivity contribution in [3.8, 4) is 0 Å². The van der Waals surface area contributed by atoms with E-state index in [0.717, 1.165) is 13.0 Å². The summed E-state index contributed by atoms with van der Waals surface area (Å²) in [5.74, 6) is 0.594. The Morgan fingerprint density at radius 1 is 1.31 bits per heavy atom. The molecule has 0 bridgehead atoms. The van der Waals surface area contributed by atoms with Crippen LogP contribution < -0.4 is 0 Å². The van der Waals surface area contributed by atoms with Gasteiger partial charge in [-0.15, -0.1) is 0 Å². The number of hydrogen-bond donors (Lipinski definition) is 0. The van der Waals surface area contributed by atoms with Crippen LogP contribution in [0.3, 0.4) is 0 Å². The molecule has 0 fully saturated rings. The number of methoxy groups -OCH3 is 1. The fourth-order valence-corrected chi connectivity index (χ4v) is 1.61. The van der Waals surface area contributed by atoms with Crippen LogP contribution >= 0.6 is 22.6 Å². The second-order valence-corrected chi connectivity index (χ2v) is 4.48. The molecule has 1 unspecified atom stereocenters. The minimum atomic E-state index is 0.594. The first-order valence-corrected chi connectivity index (χ1v) is 5.56. The Morgan fingerprint density at radius 3 is 2.46 bits per heavy atom. The first-order chi connectivity index (χ1) is 6.24. The van der Waals surface area contributed by atoms with Crippen LogP contribution in [0.25, 0.3) is 0 Å². The molecule has 0 aliphatic carbocycles. The van der Waals surface area contributed by atoms with Crippen LogP contribution in [0.15, 0.2) is 24.3 Å². The summed E-state index contributed by atoms with van der Waals surface area (Å²) >= 11 is 2.32. The first-order valence-electron chi connectivity index (χ1n) is 4.48. The highest BCUT2D eigenvalue weighted by Crippen LogP contribution is 2.19. The van der Waals surface area contributed by atoms with Gasteiger partial charge in [-0.2, -0.15) is 0 Å². The van der Waals surface area contributed by atoms with Crippen molar-refractivity contribution in [1.29, 1.82) is 0 Å². The third kappa shape index (κ3) is 3.65. The van der Waals surface area contributed by atoms with E-state index in [2.05, 4.69) is 53.8 Å². The summed E-state index contributed by atoms with van der Waals surface area (Å²) in [5, 5.41) is 0. The maximum absolute atomic E-state index is 5.06. The second-order valence-electron chi connectivity index (χ2n) is 3.23. The van der Waals surface area contributed by atoms with E-state index in [9.17, 15) is 0 Å². The lowest BCUT2D eigenvalue weighted by Crippen LogP contribution is -1.98. The quantitative estimate of drug-likeness (QED) is 0.772. The van der Waals surface area contributed by atoms with Crippen LogP contribution in [0.5, 0.6) is 0 Å². The zero-order valence-electron chi connectivity index (χ0n) is 8.09. The summed E-state index contributed by atoms with van der Waals surface area (Å²) < 4.78 is 6.35. The molecule has 0 aromatic heterocycles. The van der Waals surface area contributed by atoms with Crippen molar-refractivity contribution in [2.45, 2.75) is 19.3 Å². The molecule has 0 amide bonds. The third-order valence-corrected chi connectivity index (χ3v) is 2.91. The van der Waals surface area contributed by atoms with Crippen LogP contribution in [0.1, 0.15) is 24.8 Å². The molecule has 0 N–H and O–H groups in total. The number of halogens is 1. The lowest BCUT2D eigenvalue weighted by atomic mass is 9.98. The Bertz CT molecular complexity index is 243. The number of rotatable bonds is 4. The average Bonchev–Trinajstić information content (AvgIpc) is 2.15. The molecule has 0 saturated heterocycles. The molecule has 0 aliphatic rings. The Balaban J connectivity index is 2.55. The molecule has 1 atom stereocenters. The molecule has 1 aromatic carbocycles. The lowest BCUT2D eigenvalue weighted by Gasteiger charge is -2.10. The van der Waals surface area contributed by atoms with Gasteiger partial charge in [0.2, 0.25) is 0 Å². The molecule has 0 radical (unpaired) electrons. The molecule has 13 heavy (non-hydrogen) atoms. The van der Waals surface area contributed by atoms with Crippen LogP contribution in [0.4, 0.5) is 0 Å². The second kappa shape index (κ2) is 5.60. The summed E-state index contributed by atoms with van der Waals surface area (Å²) in [5.41, 5.74) is 1.40. The van der Waals surface area contributed by atoms with Gasteiger partial charge >= 0.3 is 0 Å². The van der Waals surface area contributed by atoms with Crippen molar-refractivity contribution in [2.75, 3.05) is 13.7 Å². The molecule has 1 aromatic rings. The summed E-state index contributed by atoms with van der Waals surface area (Å²) in [4.78, 5) is 0. The zero-order chi connectivity index (χ0) is 9.68. The summed E-state index contributed by atoms with van der Waals surface area (Å²) in [6, 6.07) is 8.70. The van der Waals surface area contributed by atoms with Crippen LogP contribution in [0, 0.1) is 3.57 Å². The SMILES string of the molecule is COCCC(C)c1ccc(I)cc1. The largest absolute Gasteiger partial charge is 0.385 e. The average molecular weight is 290 g/mol. The molecule has 2 heteroatoms. The molecule has 1 nitrogen and oxygen atoms in total. The minimum Gasteiger partial charge on any atom is -0.385 e. The standard InChI is InChI=1S/C11H15IO/c1-9(7-8-13-2)10-3-5-11(12)6-4-10/h3-6,9H,7-8H2,1-2H3. The molecule has 72 valence electrons. The van der Waals surface area contributed by atoms with E-state index in [4.69, 9.17) is 4.74 Å². The van der Waals surface area contributed by atoms with E-state index in [1.54, 1.807) is 7.11 Å². The van der Waals surface area contributed by atoms with E-state index >= 15 is 0 Å². The fourth-order valence-electron chi connectivity index (χ4n) is 1.25. The van der Waals surface area contributed by atoms with Gasteiger partial charge < -0.3 is 4.74 Å². The summed E-state index contributed by atoms with van der Waals surface area (Å²) in [6.07, 6.45) is 1.09. The van der Waals surface area contributed by atoms with Crippen LogP contribution in [0.2, 0.25) is 0 Å². The Labute approximate surface area is 93.6 Å². The normalized spacial score (nSPS) is 12.8. The van der Waals surface area contributed by atoms with Gasteiger partial charge in [0.25, 0.3) is 0 Å². The van der Waals surface area contributed by atoms with Crippen molar-refractivity contribution < 1.29 is 4.74 Å². The predicted molar refractivity (Wildman–Crippen MR) is 64.1 cm³/mol. The van der Waals surface area contributed by atoms with E-state index in [-0.39, 0.29) is 0 Å². The highest BCUT2D eigenvalue weighted by atomic mass is 127. The van der Waals surface area contributed by atoms with Crippen molar-refractivity contribution in [3.05, 3.63) is 33.4 Å². The molecule has 0 spiro atoms. The maximum atomic E-state index is 5.06. The van der Waals surface area contributed by atoms with Gasteiger partial charge in [-0.1, -0.05) is 19.1 Å². The van der Waals surface area contributed by atoms with Gasteiger partial charge in [-0.3, -0.25) is 0 Å². The summed E-state index contributed by atoms with van der Waals surface area (Å²) in [6.45, 7) is 3.08. The third-order valence-electron chi connectivity index (χ3n) is 2.19. The number of ether oxygens (including phenoxy) is 1. The molecule has 1 rings (SSSR count). The van der Waals surface area contributed by atoms with E-state index in [1.807, 2.05) is 0 Å². The van der Waals surface area contributed by atoms with Gasteiger partial charge in [0, 0.05) is 17.3 Å². The molecule has 0 heterocycles. The lowest BCUT2D eigenvalue weighted by molar-refractivity contribution is 0.189. The summed E-state index contributed by atoms with van der Waals surface area (Å²) in [7, 11) is 1.75. The number of benzene rings is 1. The van der Waals surface area contributed by atoms with Gasteiger partial charge in [-0.05, 0) is 52.6 Å². The molecule has 0 aliphatic heterocycles. The highest BCUT2D eigenvalue weighted by molar-refractivity contribution is 14.1. The van der Waals surface area contributed by atoms with Crippen molar-refractivity contribution in [2.24, 2.45) is 0 Å². The van der Waals surface area contributed by atoms with Gasteiger partial charge in [0.15, 0.2) is 0 Å². The predicted octanol–water partition coefficient (Wildman–Crippen LogP) is 3.43. The molecule has 0 saturated carbocycles. The van der Waals surface area contributed by atoms with E-state index < -0.39 is 0 Å². The minimum absolute atomic E-state index is 0.594. The molecular weight excluding hydrogens is 275 g/mol. The van der Waals surface area contributed by atoms with Crippen LogP contribution in [-0.2, 0) is 4.74 Å². The van der Waals surface area contributed by atoms with Crippen molar-refractivity contribution in [3.63, 3.8) is 0 Å². The van der Waals surface area contributed by atoms with Crippen LogP contribution in [-0.4, -0.2) is 13.7 Å². The van der Waals surface area contributed by atoms with E-state index in [1.165, 1.54) is 9.13 Å². The highest BCUT2D eigenvalue weighted by Gasteiger charge is 2.03. The maximum Gasteiger partial charge on any atom is 0.0467 e. The Hall–Kier alpha value is -0.0900. The Kier molecular flexibility index (Phi) is 4.73. The van der Waals surface area contributed by atoms with Gasteiger partial charge in [0.05, 0.1) is 0 Å². The first kappa shape index (κ1) is 11.0. The zero-order valence-corrected chi connectivity index (χ0v) is 10.2. The van der Waals surface area contributed by atoms with Crippen molar-refractivity contribution in [1.82, 2.24) is 0 Å². The smallest absolute Gasteiger partial charge is 0.0467 e. The van der Waals surface area contributed by atoms with E-state index in [0.29, 0.717) is 5.92 Å². The molecular formula is C11H15IO. The fraction of sp³-hybridized carbons (Fsp3) is 0.455. The monoisotopic (exact) mass is 290 g/mol.